The Morgan fingerprint density at radius 3 is 2.57 bits per heavy atom. The van der Waals surface area contributed by atoms with Gasteiger partial charge in [-0.15, -0.1) is 0 Å². The molecule has 1 aromatic heterocycles. The first kappa shape index (κ1) is 31.4. The first-order chi connectivity index (χ1) is 21.2. The molecule has 1 N–H and O–H groups in total. The summed E-state index contributed by atoms with van der Waals surface area (Å²) < 4.78 is 41.7. The number of para-hydroxylation sites is 1. The number of ether oxygens (including phenoxy) is 2. The van der Waals surface area contributed by atoms with Gasteiger partial charge in [-0.3, -0.25) is 4.79 Å². The van der Waals surface area contributed by atoms with E-state index in [1.54, 1.807) is 27.7 Å². The number of piperidine rings is 1. The molecule has 11 heteroatoms. The average Bonchev–Trinajstić information content (AvgIpc) is 3.40. The highest BCUT2D eigenvalue weighted by Gasteiger charge is 2.30. The fraction of sp³-hybridized carbons (Fsp3) is 0.333. The third-order valence-electron chi connectivity index (χ3n) is 7.84. The Bertz CT molecular complexity index is 1720. The molecule has 3 aromatic carbocycles. The first-order valence-electron chi connectivity index (χ1n) is 14.7. The molecule has 9 nitrogen and oxygen atoms in total. The monoisotopic (exact) mass is 637 g/mol. The summed E-state index contributed by atoms with van der Waals surface area (Å²) in [6.07, 6.45) is 2.11. The molecule has 1 unspecified atom stereocenters. The lowest BCUT2D eigenvalue weighted by Crippen LogP contribution is -2.45. The molecule has 1 aliphatic heterocycles. The number of aryl methyl sites for hydroxylation is 1. The van der Waals surface area contributed by atoms with Crippen molar-refractivity contribution in [2.45, 2.75) is 51.8 Å². The maximum absolute atomic E-state index is 13.4. The number of nitrogens with zero attached hydrogens (tertiary/aromatic N) is 2. The van der Waals surface area contributed by atoms with Crippen LogP contribution in [0.1, 0.15) is 47.3 Å². The van der Waals surface area contributed by atoms with Gasteiger partial charge in [0.25, 0.3) is 5.91 Å². The molecule has 0 bridgehead atoms. The molecular formula is C33H36ClN3O6S. The Hall–Kier alpha value is -4.02. The molecule has 2 amide bonds. The van der Waals surface area contributed by atoms with Gasteiger partial charge in [-0.2, -0.15) is 0 Å². The van der Waals surface area contributed by atoms with Crippen molar-refractivity contribution < 1.29 is 27.5 Å². The number of fused-ring (bicyclic) bond motifs is 1. The van der Waals surface area contributed by atoms with Crippen LogP contribution in [0, 0.1) is 6.92 Å². The van der Waals surface area contributed by atoms with Crippen LogP contribution in [0.5, 0.6) is 5.75 Å². The summed E-state index contributed by atoms with van der Waals surface area (Å²) in [4.78, 5) is 27.9. The number of carbonyl (C=O) groups is 2. The SMILES string of the molecule is Cc1cccc2c1cc(C(=O)NS(=O)(=O)CCC1CCCCN1C(=O)OCc1ccccc1)n2CCOc1ccccc1Cl. The fourth-order valence-electron chi connectivity index (χ4n) is 5.55. The quantitative estimate of drug-likeness (QED) is 0.206. The molecule has 44 heavy (non-hydrogen) atoms. The van der Waals surface area contributed by atoms with E-state index >= 15 is 0 Å². The van der Waals surface area contributed by atoms with Crippen molar-refractivity contribution in [3.63, 3.8) is 0 Å². The Morgan fingerprint density at radius 2 is 1.77 bits per heavy atom. The Kier molecular flexibility index (Phi) is 10.1. The zero-order valence-electron chi connectivity index (χ0n) is 24.6. The second kappa shape index (κ2) is 14.2. The number of carbonyl (C=O) groups excluding carboxylic acids is 2. The molecule has 2 heterocycles. The van der Waals surface area contributed by atoms with Gasteiger partial charge in [0.15, 0.2) is 0 Å². The van der Waals surface area contributed by atoms with Crippen LogP contribution in [-0.4, -0.2) is 54.8 Å². The van der Waals surface area contributed by atoms with E-state index in [2.05, 4.69) is 4.72 Å². The highest BCUT2D eigenvalue weighted by Crippen LogP contribution is 2.26. The van der Waals surface area contributed by atoms with Crippen LogP contribution in [0.2, 0.25) is 5.02 Å². The number of benzene rings is 3. The predicted octanol–water partition coefficient (Wildman–Crippen LogP) is 6.32. The van der Waals surface area contributed by atoms with E-state index in [-0.39, 0.29) is 37.1 Å². The van der Waals surface area contributed by atoms with Gasteiger partial charge in [0.05, 0.1) is 17.3 Å². The molecule has 1 fully saturated rings. The van der Waals surface area contributed by atoms with Crippen LogP contribution in [0.25, 0.3) is 10.9 Å². The number of rotatable bonds is 11. The summed E-state index contributed by atoms with van der Waals surface area (Å²) in [7, 11) is -4.01. The van der Waals surface area contributed by atoms with Crippen molar-refractivity contribution in [3.8, 4) is 5.75 Å². The first-order valence-corrected chi connectivity index (χ1v) is 16.7. The van der Waals surface area contributed by atoms with Gasteiger partial charge < -0.3 is 18.9 Å². The molecule has 232 valence electrons. The van der Waals surface area contributed by atoms with Crippen LogP contribution in [0.15, 0.2) is 78.9 Å². The third kappa shape index (κ3) is 7.73. The van der Waals surface area contributed by atoms with E-state index in [0.29, 0.717) is 30.3 Å². The summed E-state index contributed by atoms with van der Waals surface area (Å²) in [5.41, 5.74) is 2.84. The number of sulfonamides is 1. The Morgan fingerprint density at radius 1 is 1.00 bits per heavy atom. The van der Waals surface area contributed by atoms with Crippen molar-refractivity contribution >= 4 is 44.5 Å². The van der Waals surface area contributed by atoms with Crippen LogP contribution in [-0.2, 0) is 27.9 Å². The maximum atomic E-state index is 13.4. The lowest BCUT2D eigenvalue weighted by Gasteiger charge is -2.34. The smallest absolute Gasteiger partial charge is 0.410 e. The lowest BCUT2D eigenvalue weighted by molar-refractivity contribution is 0.0672. The Labute approximate surface area is 262 Å². The zero-order chi connectivity index (χ0) is 31.1. The minimum atomic E-state index is -4.01. The second-order valence-corrected chi connectivity index (χ2v) is 13.1. The Balaban J connectivity index is 1.24. The number of amides is 2. The molecule has 0 radical (unpaired) electrons. The zero-order valence-corrected chi connectivity index (χ0v) is 26.1. The number of nitrogens with one attached hydrogen (secondary N) is 1. The van der Waals surface area contributed by atoms with Crippen LogP contribution in [0.3, 0.4) is 0 Å². The van der Waals surface area contributed by atoms with Gasteiger partial charge in [-0.25, -0.2) is 17.9 Å². The van der Waals surface area contributed by atoms with Gasteiger partial charge in [0.2, 0.25) is 10.0 Å². The highest BCUT2D eigenvalue weighted by molar-refractivity contribution is 7.90. The maximum Gasteiger partial charge on any atom is 0.410 e. The van der Waals surface area contributed by atoms with Gasteiger partial charge in [0.1, 0.15) is 24.7 Å². The lowest BCUT2D eigenvalue weighted by atomic mass is 10.0. The van der Waals surface area contributed by atoms with Gasteiger partial charge in [-0.05, 0) is 68.0 Å². The molecule has 5 rings (SSSR count). The van der Waals surface area contributed by atoms with E-state index in [1.165, 1.54) is 0 Å². The normalized spacial score (nSPS) is 15.2. The third-order valence-corrected chi connectivity index (χ3v) is 9.42. The molecule has 1 aliphatic rings. The molecule has 4 aromatic rings. The van der Waals surface area contributed by atoms with Gasteiger partial charge >= 0.3 is 6.09 Å². The standard InChI is InChI=1S/C33H36ClN3O6S/c1-24-10-9-15-29-27(24)22-30(37(29)19-20-42-31-16-6-5-14-28(31)34)32(38)35-44(40,41)21-17-26-13-7-8-18-36(26)33(39)43-23-25-11-3-2-4-12-25/h2-6,9-12,14-16,22,26H,7-8,13,17-21,23H2,1H3,(H,35,38). The molecular weight excluding hydrogens is 602 g/mol. The molecule has 0 spiro atoms. The summed E-state index contributed by atoms with van der Waals surface area (Å²) in [5, 5.41) is 1.32. The number of halogens is 1. The van der Waals surface area contributed by atoms with Gasteiger partial charge in [-0.1, -0.05) is 66.2 Å². The predicted molar refractivity (Wildman–Crippen MR) is 170 cm³/mol. The average molecular weight is 638 g/mol. The summed E-state index contributed by atoms with van der Waals surface area (Å²) >= 11 is 6.22. The van der Waals surface area contributed by atoms with Crippen molar-refractivity contribution in [1.29, 1.82) is 0 Å². The summed E-state index contributed by atoms with van der Waals surface area (Å²) in [6, 6.07) is 23.6. The van der Waals surface area contributed by atoms with Crippen molar-refractivity contribution in [3.05, 3.63) is 101 Å². The van der Waals surface area contributed by atoms with Crippen molar-refractivity contribution in [1.82, 2.24) is 14.2 Å². The van der Waals surface area contributed by atoms with E-state index < -0.39 is 22.0 Å². The number of aromatic nitrogens is 1. The van der Waals surface area contributed by atoms with E-state index in [9.17, 15) is 18.0 Å². The van der Waals surface area contributed by atoms with Crippen LogP contribution >= 0.6 is 11.6 Å². The molecule has 0 aliphatic carbocycles. The number of hydrogen-bond acceptors (Lipinski definition) is 6. The number of likely N-dealkylation sites (tertiary alicyclic amines) is 1. The largest absolute Gasteiger partial charge is 0.490 e. The van der Waals surface area contributed by atoms with Gasteiger partial charge in [0, 0.05) is 23.5 Å². The number of hydrogen-bond donors (Lipinski definition) is 1. The van der Waals surface area contributed by atoms with Crippen LogP contribution < -0.4 is 9.46 Å². The van der Waals surface area contributed by atoms with Crippen LogP contribution in [0.4, 0.5) is 4.79 Å². The fourth-order valence-corrected chi connectivity index (χ4v) is 6.81. The summed E-state index contributed by atoms with van der Waals surface area (Å²) in [5.74, 6) is -0.502. The topological polar surface area (TPSA) is 107 Å². The van der Waals surface area contributed by atoms with Crippen molar-refractivity contribution in [2.75, 3.05) is 18.9 Å². The van der Waals surface area contributed by atoms with Crippen molar-refractivity contribution in [2.24, 2.45) is 0 Å². The molecule has 1 saturated heterocycles. The minimum absolute atomic E-state index is 0.147. The molecule has 1 atom stereocenters. The van der Waals surface area contributed by atoms with E-state index in [0.717, 1.165) is 34.9 Å². The van der Waals surface area contributed by atoms with E-state index in [1.807, 2.05) is 67.6 Å². The molecule has 0 saturated carbocycles. The second-order valence-electron chi connectivity index (χ2n) is 10.9. The minimum Gasteiger partial charge on any atom is -0.490 e. The summed E-state index contributed by atoms with van der Waals surface area (Å²) in [6.45, 7) is 3.09. The van der Waals surface area contributed by atoms with E-state index in [4.69, 9.17) is 21.1 Å². The highest BCUT2D eigenvalue weighted by atomic mass is 35.5.